The number of carbonyl (C=O) groups excluding carboxylic acids is 1. The molecule has 0 aliphatic carbocycles. The molecule has 2 aliphatic rings. The molecule has 1 fully saturated rings. The highest BCUT2D eigenvalue weighted by molar-refractivity contribution is 5.89. The third-order valence-electron chi connectivity index (χ3n) is 8.14. The molecule has 0 bridgehead atoms. The van der Waals surface area contributed by atoms with Crippen LogP contribution in [0.1, 0.15) is 48.7 Å². The molecule has 1 unspecified atom stereocenters. The number of rotatable bonds is 10. The van der Waals surface area contributed by atoms with Crippen LogP contribution in [0.2, 0.25) is 0 Å². The van der Waals surface area contributed by atoms with Gasteiger partial charge in [-0.1, -0.05) is 13.8 Å². The Hall–Kier alpha value is -4.01. The summed E-state index contributed by atoms with van der Waals surface area (Å²) in [5, 5.41) is 14.7. The summed E-state index contributed by atoms with van der Waals surface area (Å²) in [4.78, 5) is 32.2. The maximum absolute atomic E-state index is 14.1. The van der Waals surface area contributed by atoms with Crippen molar-refractivity contribution in [1.29, 1.82) is 0 Å². The molecule has 5 rings (SSSR count). The molecule has 3 aromatic heterocycles. The number of nitrogens with zero attached hydrogens (tertiary/aromatic N) is 6. The van der Waals surface area contributed by atoms with Crippen LogP contribution in [0.5, 0.6) is 11.5 Å². The van der Waals surface area contributed by atoms with E-state index in [0.717, 1.165) is 43.4 Å². The average Bonchev–Trinajstić information content (AvgIpc) is 3.03. The van der Waals surface area contributed by atoms with Gasteiger partial charge < -0.3 is 30.3 Å². The smallest absolute Gasteiger partial charge is 0.418 e. The lowest BCUT2D eigenvalue weighted by Gasteiger charge is -2.34. The van der Waals surface area contributed by atoms with Crippen molar-refractivity contribution in [2.24, 2.45) is 0 Å². The fraction of sp³-hybridized carbons (Fsp3) is 0.484. The third-order valence-corrected chi connectivity index (χ3v) is 8.14. The second-order valence-electron chi connectivity index (χ2n) is 11.2. The Balaban J connectivity index is 1.28. The fourth-order valence-electron chi connectivity index (χ4n) is 5.65. The number of likely N-dealkylation sites (N-methyl/N-ethyl adjacent to an activating group) is 1. The molecule has 11 nitrogen and oxygen atoms in total. The van der Waals surface area contributed by atoms with Crippen molar-refractivity contribution in [2.75, 3.05) is 63.1 Å². The van der Waals surface area contributed by atoms with Gasteiger partial charge in [-0.3, -0.25) is 14.9 Å². The number of amides is 2. The van der Waals surface area contributed by atoms with E-state index in [2.05, 4.69) is 37.4 Å². The Bertz CT molecular complexity index is 1470. The van der Waals surface area contributed by atoms with Crippen LogP contribution in [-0.4, -0.2) is 93.2 Å². The number of aromatic nitrogens is 3. The minimum Gasteiger partial charge on any atom is -0.456 e. The zero-order valence-electron chi connectivity index (χ0n) is 25.5. The average molecular weight is 629 g/mol. The van der Waals surface area contributed by atoms with Crippen LogP contribution in [0.25, 0.3) is 0 Å². The van der Waals surface area contributed by atoms with Crippen molar-refractivity contribution in [1.82, 2.24) is 29.7 Å². The van der Waals surface area contributed by atoms with Crippen LogP contribution in [0.4, 0.5) is 29.5 Å². The molecule has 0 spiro atoms. The van der Waals surface area contributed by atoms with Gasteiger partial charge in [0, 0.05) is 70.5 Å². The van der Waals surface area contributed by atoms with Gasteiger partial charge in [0.15, 0.2) is 0 Å². The van der Waals surface area contributed by atoms with Crippen LogP contribution in [0, 0.1) is 0 Å². The van der Waals surface area contributed by atoms with E-state index < -0.39 is 17.8 Å². The number of aliphatic hydroxyl groups is 1. The van der Waals surface area contributed by atoms with E-state index in [1.807, 2.05) is 17.9 Å². The molecule has 3 aromatic rings. The molecular formula is C31H39F3N8O3. The van der Waals surface area contributed by atoms with Crippen LogP contribution in [-0.2, 0) is 19.3 Å². The minimum absolute atomic E-state index is 0.00997. The summed E-state index contributed by atoms with van der Waals surface area (Å²) in [6.07, 6.45) is 0.618. The van der Waals surface area contributed by atoms with Gasteiger partial charge in [-0.2, -0.15) is 13.2 Å². The van der Waals surface area contributed by atoms with E-state index in [4.69, 9.17) is 9.84 Å². The van der Waals surface area contributed by atoms with Crippen molar-refractivity contribution in [2.45, 2.75) is 45.5 Å². The van der Waals surface area contributed by atoms with Gasteiger partial charge in [0.2, 0.25) is 0 Å². The topological polar surface area (TPSA) is 119 Å². The molecule has 1 saturated heterocycles. The number of aliphatic hydroxyl groups excluding tert-OH is 1. The first-order valence-electron chi connectivity index (χ1n) is 15.2. The maximum Gasteiger partial charge on any atom is 0.418 e. The summed E-state index contributed by atoms with van der Waals surface area (Å²) in [6.45, 7) is 8.93. The van der Waals surface area contributed by atoms with Gasteiger partial charge >= 0.3 is 12.2 Å². The summed E-state index contributed by atoms with van der Waals surface area (Å²) in [5.74, 6) is 1.48. The first-order valence-corrected chi connectivity index (χ1v) is 15.2. The third kappa shape index (κ3) is 8.18. The number of pyridine rings is 3. The highest BCUT2D eigenvalue weighted by atomic mass is 19.4. The SMILES string of the molecule is CCC1CN(C(=O)Nc2cnc(CN3CCN(CC)CC3)c(C(F)(F)F)c2)Cc2cc(Oc3ccnc(NCCO)c3)cnc21. The highest BCUT2D eigenvalue weighted by Gasteiger charge is 2.36. The molecule has 242 valence electrons. The Kier molecular flexibility index (Phi) is 10.4. The zero-order chi connectivity index (χ0) is 32.0. The zero-order valence-corrected chi connectivity index (χ0v) is 25.5. The number of piperazine rings is 1. The monoisotopic (exact) mass is 628 g/mol. The summed E-state index contributed by atoms with van der Waals surface area (Å²) < 4.78 is 48.3. The number of nitrogens with one attached hydrogen (secondary N) is 2. The van der Waals surface area contributed by atoms with Gasteiger partial charge in [0.1, 0.15) is 17.3 Å². The van der Waals surface area contributed by atoms with Crippen molar-refractivity contribution < 1.29 is 27.8 Å². The summed E-state index contributed by atoms with van der Waals surface area (Å²) in [7, 11) is 0. The number of anilines is 2. The maximum atomic E-state index is 14.1. The first-order chi connectivity index (χ1) is 21.7. The second-order valence-corrected chi connectivity index (χ2v) is 11.2. The standard InChI is InChI=1S/C31H39F3N8O3/c1-3-21-18-42(19-22-13-25(17-38-29(21)22)45-24-5-6-35-28(15-24)36-7-12-43)30(44)39-23-14-26(31(32,33)34)27(37-16-23)20-41-10-8-40(4-2)9-11-41/h5-6,13-17,21,43H,3-4,7-12,18-20H2,1-2H3,(H,35,36)(H,39,44). The quantitative estimate of drug-likeness (QED) is 0.292. The minimum atomic E-state index is -4.61. The van der Waals surface area contributed by atoms with E-state index >= 15 is 0 Å². The van der Waals surface area contributed by atoms with Gasteiger partial charge in [0.05, 0.1) is 41.6 Å². The Morgan fingerprint density at radius 1 is 1.04 bits per heavy atom. The summed E-state index contributed by atoms with van der Waals surface area (Å²) in [5.41, 5.74) is 0.752. The molecule has 1 atom stereocenters. The number of alkyl halides is 3. The largest absolute Gasteiger partial charge is 0.456 e. The molecule has 0 saturated carbocycles. The van der Waals surface area contributed by atoms with E-state index in [0.29, 0.717) is 43.5 Å². The molecule has 3 N–H and O–H groups in total. The number of ether oxygens (including phenoxy) is 1. The molecular weight excluding hydrogens is 589 g/mol. The molecule has 5 heterocycles. The van der Waals surface area contributed by atoms with E-state index in [1.54, 1.807) is 29.4 Å². The number of halogens is 3. The van der Waals surface area contributed by atoms with Gasteiger partial charge in [-0.15, -0.1) is 0 Å². The Morgan fingerprint density at radius 3 is 2.53 bits per heavy atom. The van der Waals surface area contributed by atoms with Crippen LogP contribution in [0.3, 0.4) is 0 Å². The van der Waals surface area contributed by atoms with E-state index in [9.17, 15) is 18.0 Å². The Morgan fingerprint density at radius 2 is 1.82 bits per heavy atom. The molecule has 0 radical (unpaired) electrons. The molecule has 2 amide bonds. The number of urea groups is 1. The number of hydrogen-bond acceptors (Lipinski definition) is 9. The van der Waals surface area contributed by atoms with E-state index in [-0.39, 0.29) is 37.0 Å². The number of carbonyl (C=O) groups is 1. The second kappa shape index (κ2) is 14.4. The van der Waals surface area contributed by atoms with Gasteiger partial charge in [-0.05, 0) is 36.7 Å². The van der Waals surface area contributed by atoms with Crippen molar-refractivity contribution >= 4 is 17.5 Å². The lowest BCUT2D eigenvalue weighted by molar-refractivity contribution is -0.138. The van der Waals surface area contributed by atoms with Crippen LogP contribution < -0.4 is 15.4 Å². The molecule has 0 aromatic carbocycles. The normalized spacial score (nSPS) is 17.6. The first kappa shape index (κ1) is 32.4. The van der Waals surface area contributed by atoms with E-state index in [1.165, 1.54) is 6.20 Å². The van der Waals surface area contributed by atoms with Crippen LogP contribution in [0.15, 0.2) is 42.9 Å². The molecule has 45 heavy (non-hydrogen) atoms. The lowest BCUT2D eigenvalue weighted by Crippen LogP contribution is -2.45. The predicted octanol–water partition coefficient (Wildman–Crippen LogP) is 4.77. The van der Waals surface area contributed by atoms with Gasteiger partial charge in [0.25, 0.3) is 0 Å². The number of hydrogen-bond donors (Lipinski definition) is 3. The van der Waals surface area contributed by atoms with Crippen LogP contribution >= 0.6 is 0 Å². The highest BCUT2D eigenvalue weighted by Crippen LogP contribution is 2.35. The summed E-state index contributed by atoms with van der Waals surface area (Å²) >= 11 is 0. The molecule has 2 aliphatic heterocycles. The number of fused-ring (bicyclic) bond motifs is 1. The molecule has 14 heteroatoms. The van der Waals surface area contributed by atoms with Gasteiger partial charge in [-0.25, -0.2) is 9.78 Å². The van der Waals surface area contributed by atoms with Crippen molar-refractivity contribution in [3.05, 3.63) is 65.4 Å². The Labute approximate surface area is 260 Å². The lowest BCUT2D eigenvalue weighted by atomic mass is 9.92. The fourth-order valence-corrected chi connectivity index (χ4v) is 5.65. The summed E-state index contributed by atoms with van der Waals surface area (Å²) in [6, 6.07) is 5.68. The van der Waals surface area contributed by atoms with Crippen molar-refractivity contribution in [3.8, 4) is 11.5 Å². The predicted molar refractivity (Wildman–Crippen MR) is 163 cm³/mol. The van der Waals surface area contributed by atoms with Crippen molar-refractivity contribution in [3.63, 3.8) is 0 Å².